The molecular weight excluding hydrogens is 244 g/mol. The fourth-order valence-electron chi connectivity index (χ4n) is 2.13. The monoisotopic (exact) mass is 266 g/mol. The van der Waals surface area contributed by atoms with Crippen molar-refractivity contribution in [2.24, 2.45) is 5.92 Å². The highest BCUT2D eigenvalue weighted by atomic mass is 32.2. The van der Waals surface area contributed by atoms with Crippen LogP contribution in [0, 0.1) is 12.8 Å². The third-order valence-corrected chi connectivity index (χ3v) is 4.16. The summed E-state index contributed by atoms with van der Waals surface area (Å²) in [4.78, 5) is 8.79. The largest absolute Gasteiger partial charge is 0.370 e. The maximum atomic E-state index is 4.43. The average molecular weight is 266 g/mol. The number of anilines is 2. The van der Waals surface area contributed by atoms with Gasteiger partial charge in [-0.25, -0.2) is 9.97 Å². The fraction of sp³-hybridized carbons (Fsp3) is 0.692. The molecule has 0 saturated carbocycles. The molecule has 4 nitrogen and oxygen atoms in total. The first-order valence-electron chi connectivity index (χ1n) is 6.69. The van der Waals surface area contributed by atoms with E-state index in [0.29, 0.717) is 0 Å². The predicted molar refractivity (Wildman–Crippen MR) is 79.5 cm³/mol. The predicted octanol–water partition coefficient (Wildman–Crippen LogP) is 2.77. The van der Waals surface area contributed by atoms with E-state index >= 15 is 0 Å². The first-order valence-corrected chi connectivity index (χ1v) is 7.84. The van der Waals surface area contributed by atoms with Crippen LogP contribution in [0.25, 0.3) is 0 Å². The molecule has 0 radical (unpaired) electrons. The Labute approximate surface area is 113 Å². The molecule has 1 saturated heterocycles. The molecule has 0 aliphatic carbocycles. The zero-order chi connectivity index (χ0) is 12.8. The number of nitrogens with zero attached hydrogens (tertiary/aromatic N) is 2. The zero-order valence-electron chi connectivity index (χ0n) is 11.2. The molecule has 0 aromatic carbocycles. The smallest absolute Gasteiger partial charge is 0.131 e. The lowest BCUT2D eigenvalue weighted by atomic mass is 10.0. The van der Waals surface area contributed by atoms with Crippen molar-refractivity contribution in [3.05, 3.63) is 11.9 Å². The highest BCUT2D eigenvalue weighted by Gasteiger charge is 2.13. The third kappa shape index (κ3) is 4.05. The van der Waals surface area contributed by atoms with Gasteiger partial charge in [0.15, 0.2) is 0 Å². The summed E-state index contributed by atoms with van der Waals surface area (Å²) in [5.41, 5.74) is 0. The van der Waals surface area contributed by atoms with Crippen molar-refractivity contribution in [2.75, 3.05) is 35.2 Å². The Balaban J connectivity index is 1.91. The van der Waals surface area contributed by atoms with Crippen LogP contribution in [0.1, 0.15) is 25.6 Å². The van der Waals surface area contributed by atoms with E-state index in [2.05, 4.69) is 39.3 Å². The van der Waals surface area contributed by atoms with E-state index in [0.717, 1.165) is 36.5 Å². The molecule has 1 aromatic heterocycles. The number of aryl methyl sites for hydroxylation is 1. The van der Waals surface area contributed by atoms with Gasteiger partial charge in [0.1, 0.15) is 17.5 Å². The van der Waals surface area contributed by atoms with Crippen LogP contribution in [0.3, 0.4) is 0 Å². The summed E-state index contributed by atoms with van der Waals surface area (Å²) in [6.45, 7) is 5.92. The third-order valence-electron chi connectivity index (χ3n) is 3.11. The molecule has 0 bridgehead atoms. The van der Waals surface area contributed by atoms with Crippen molar-refractivity contribution < 1.29 is 0 Å². The minimum atomic E-state index is 0.795. The summed E-state index contributed by atoms with van der Waals surface area (Å²) in [5.74, 6) is 6.07. The van der Waals surface area contributed by atoms with Gasteiger partial charge in [-0.05, 0) is 44.1 Å². The first kappa shape index (κ1) is 13.5. The van der Waals surface area contributed by atoms with E-state index in [4.69, 9.17) is 0 Å². The van der Waals surface area contributed by atoms with Crippen LogP contribution in [0.5, 0.6) is 0 Å². The molecule has 18 heavy (non-hydrogen) atoms. The van der Waals surface area contributed by atoms with Gasteiger partial charge in [0, 0.05) is 19.2 Å². The Bertz CT molecular complexity index is 377. The van der Waals surface area contributed by atoms with Crippen molar-refractivity contribution in [1.29, 1.82) is 0 Å². The Hall–Kier alpha value is -0.970. The van der Waals surface area contributed by atoms with E-state index in [-0.39, 0.29) is 0 Å². The van der Waals surface area contributed by atoms with Gasteiger partial charge < -0.3 is 10.6 Å². The molecule has 5 heteroatoms. The minimum Gasteiger partial charge on any atom is -0.370 e. The van der Waals surface area contributed by atoms with Crippen LogP contribution >= 0.6 is 11.8 Å². The highest BCUT2D eigenvalue weighted by molar-refractivity contribution is 7.99. The summed E-state index contributed by atoms with van der Waals surface area (Å²) in [5, 5.41) is 6.69. The second-order valence-electron chi connectivity index (χ2n) is 4.65. The Kier molecular flexibility index (Phi) is 5.11. The number of hydrogen-bond donors (Lipinski definition) is 2. The van der Waals surface area contributed by atoms with E-state index in [9.17, 15) is 0 Å². The summed E-state index contributed by atoms with van der Waals surface area (Å²) < 4.78 is 0. The molecular formula is C13H22N4S. The van der Waals surface area contributed by atoms with E-state index < -0.39 is 0 Å². The molecule has 0 atom stereocenters. The van der Waals surface area contributed by atoms with Gasteiger partial charge in [-0.15, -0.1) is 0 Å². The molecule has 1 fully saturated rings. The maximum absolute atomic E-state index is 4.43. The average Bonchev–Trinajstić information content (AvgIpc) is 2.37. The molecule has 2 N–H and O–H groups in total. The molecule has 2 rings (SSSR count). The Morgan fingerprint density at radius 2 is 1.89 bits per heavy atom. The number of rotatable bonds is 5. The van der Waals surface area contributed by atoms with Gasteiger partial charge in [-0.1, -0.05) is 0 Å². The van der Waals surface area contributed by atoms with Crippen LogP contribution < -0.4 is 10.6 Å². The van der Waals surface area contributed by atoms with Crippen molar-refractivity contribution in [3.8, 4) is 0 Å². The van der Waals surface area contributed by atoms with Crippen LogP contribution in [0.2, 0.25) is 0 Å². The first-order chi connectivity index (χ1) is 8.78. The van der Waals surface area contributed by atoms with Gasteiger partial charge in [0.2, 0.25) is 0 Å². The van der Waals surface area contributed by atoms with Crippen LogP contribution in [0.4, 0.5) is 11.6 Å². The second-order valence-corrected chi connectivity index (χ2v) is 5.88. The van der Waals surface area contributed by atoms with Crippen LogP contribution in [-0.4, -0.2) is 34.6 Å². The summed E-state index contributed by atoms with van der Waals surface area (Å²) in [6, 6.07) is 1.99. The van der Waals surface area contributed by atoms with E-state index in [1.165, 1.54) is 24.3 Å². The number of hydrogen-bond acceptors (Lipinski definition) is 5. The van der Waals surface area contributed by atoms with Gasteiger partial charge in [-0.3, -0.25) is 0 Å². The lowest BCUT2D eigenvalue weighted by molar-refractivity contribution is 0.515. The molecule has 0 unspecified atom stereocenters. The van der Waals surface area contributed by atoms with Gasteiger partial charge in [-0.2, -0.15) is 11.8 Å². The molecule has 1 aliphatic heterocycles. The normalized spacial score (nSPS) is 16.6. The summed E-state index contributed by atoms with van der Waals surface area (Å²) >= 11 is 2.07. The zero-order valence-corrected chi connectivity index (χ0v) is 12.0. The SMILES string of the molecule is CCNc1cc(NCC2CCSCC2)nc(C)n1. The van der Waals surface area contributed by atoms with Gasteiger partial charge in [0.05, 0.1) is 0 Å². The molecule has 1 aromatic rings. The maximum Gasteiger partial charge on any atom is 0.131 e. The van der Waals surface area contributed by atoms with Crippen LogP contribution in [-0.2, 0) is 0 Å². The molecule has 100 valence electrons. The molecule has 0 spiro atoms. The quantitative estimate of drug-likeness (QED) is 0.858. The fourth-order valence-corrected chi connectivity index (χ4v) is 3.33. The number of aromatic nitrogens is 2. The molecule has 0 amide bonds. The van der Waals surface area contributed by atoms with E-state index in [1.54, 1.807) is 0 Å². The summed E-state index contributed by atoms with van der Waals surface area (Å²) in [6.07, 6.45) is 2.64. The lowest BCUT2D eigenvalue weighted by Gasteiger charge is -2.21. The van der Waals surface area contributed by atoms with Crippen molar-refractivity contribution in [3.63, 3.8) is 0 Å². The number of nitrogens with one attached hydrogen (secondary N) is 2. The Morgan fingerprint density at radius 3 is 2.56 bits per heavy atom. The van der Waals surface area contributed by atoms with E-state index in [1.807, 2.05) is 13.0 Å². The molecule has 2 heterocycles. The highest BCUT2D eigenvalue weighted by Crippen LogP contribution is 2.23. The topological polar surface area (TPSA) is 49.8 Å². The lowest BCUT2D eigenvalue weighted by Crippen LogP contribution is -2.20. The van der Waals surface area contributed by atoms with Crippen molar-refractivity contribution in [2.45, 2.75) is 26.7 Å². The standard InChI is InChI=1S/C13H22N4S/c1-3-14-12-8-13(17-10(2)16-12)15-9-11-4-6-18-7-5-11/h8,11H,3-7,9H2,1-2H3,(H2,14,15,16,17). The molecule has 1 aliphatic rings. The van der Waals surface area contributed by atoms with Gasteiger partial charge >= 0.3 is 0 Å². The van der Waals surface area contributed by atoms with Gasteiger partial charge in [0.25, 0.3) is 0 Å². The van der Waals surface area contributed by atoms with Crippen molar-refractivity contribution in [1.82, 2.24) is 9.97 Å². The Morgan fingerprint density at radius 1 is 1.22 bits per heavy atom. The summed E-state index contributed by atoms with van der Waals surface area (Å²) in [7, 11) is 0. The second kappa shape index (κ2) is 6.83. The van der Waals surface area contributed by atoms with Crippen molar-refractivity contribution >= 4 is 23.4 Å². The van der Waals surface area contributed by atoms with Crippen LogP contribution in [0.15, 0.2) is 6.07 Å². The minimum absolute atomic E-state index is 0.795. The number of thioether (sulfide) groups is 1.